The van der Waals surface area contributed by atoms with E-state index < -0.39 is 10.0 Å². The zero-order chi connectivity index (χ0) is 16.9. The Labute approximate surface area is 136 Å². The van der Waals surface area contributed by atoms with E-state index in [0.717, 1.165) is 5.56 Å². The first-order valence-electron chi connectivity index (χ1n) is 7.03. The Hall–Kier alpha value is -2.25. The molecule has 0 aromatic heterocycles. The van der Waals surface area contributed by atoms with E-state index in [1.54, 1.807) is 30.3 Å². The SMILES string of the molecule is COc1cccc(OC)c1S(=O)(=O)NCCc1ccc(N)cc1. The number of ether oxygens (including phenoxy) is 2. The maximum Gasteiger partial charge on any atom is 0.247 e. The Morgan fingerprint density at radius 3 is 2.09 bits per heavy atom. The van der Waals surface area contributed by atoms with Crippen LogP contribution in [-0.4, -0.2) is 29.2 Å². The number of hydrogen-bond donors (Lipinski definition) is 2. The molecule has 23 heavy (non-hydrogen) atoms. The van der Waals surface area contributed by atoms with Crippen LogP contribution in [0.25, 0.3) is 0 Å². The van der Waals surface area contributed by atoms with Crippen LogP contribution in [0.1, 0.15) is 5.56 Å². The molecule has 0 radical (unpaired) electrons. The van der Waals surface area contributed by atoms with Gasteiger partial charge < -0.3 is 15.2 Å². The molecule has 0 spiro atoms. The van der Waals surface area contributed by atoms with E-state index >= 15 is 0 Å². The van der Waals surface area contributed by atoms with E-state index in [9.17, 15) is 8.42 Å². The number of rotatable bonds is 7. The highest BCUT2D eigenvalue weighted by Crippen LogP contribution is 2.32. The average Bonchev–Trinajstić information content (AvgIpc) is 2.55. The van der Waals surface area contributed by atoms with Gasteiger partial charge in [0.25, 0.3) is 0 Å². The lowest BCUT2D eigenvalue weighted by Crippen LogP contribution is -2.26. The summed E-state index contributed by atoms with van der Waals surface area (Å²) in [6.45, 7) is 0.257. The van der Waals surface area contributed by atoms with Gasteiger partial charge in [0.2, 0.25) is 10.0 Å². The van der Waals surface area contributed by atoms with E-state index in [1.165, 1.54) is 14.2 Å². The maximum atomic E-state index is 12.5. The van der Waals surface area contributed by atoms with Gasteiger partial charge in [-0.05, 0) is 36.2 Å². The number of nitrogens with one attached hydrogen (secondary N) is 1. The van der Waals surface area contributed by atoms with Crippen LogP contribution in [0.4, 0.5) is 5.69 Å². The molecule has 0 saturated heterocycles. The van der Waals surface area contributed by atoms with Gasteiger partial charge in [-0.2, -0.15) is 0 Å². The standard InChI is InChI=1S/C16H20N2O4S/c1-21-14-4-3-5-15(22-2)16(14)23(19,20)18-11-10-12-6-8-13(17)9-7-12/h3-9,18H,10-11,17H2,1-2H3. The van der Waals surface area contributed by atoms with Gasteiger partial charge in [0, 0.05) is 12.2 Å². The third kappa shape index (κ3) is 4.14. The molecule has 124 valence electrons. The fourth-order valence-corrected chi connectivity index (χ4v) is 3.52. The molecule has 0 bridgehead atoms. The van der Waals surface area contributed by atoms with Crippen molar-refractivity contribution in [2.45, 2.75) is 11.3 Å². The Bertz CT molecular complexity index is 736. The molecule has 0 aliphatic carbocycles. The summed E-state index contributed by atoms with van der Waals surface area (Å²) < 4.78 is 37.9. The second-order valence-corrected chi connectivity index (χ2v) is 6.58. The van der Waals surface area contributed by atoms with Gasteiger partial charge in [-0.1, -0.05) is 18.2 Å². The molecule has 6 nitrogen and oxygen atoms in total. The third-order valence-corrected chi connectivity index (χ3v) is 4.86. The largest absolute Gasteiger partial charge is 0.495 e. The number of nitrogen functional groups attached to an aromatic ring is 1. The smallest absolute Gasteiger partial charge is 0.247 e. The molecular weight excluding hydrogens is 316 g/mol. The predicted octanol–water partition coefficient (Wildman–Crippen LogP) is 1.81. The highest BCUT2D eigenvalue weighted by Gasteiger charge is 2.24. The molecule has 0 atom stereocenters. The first-order chi connectivity index (χ1) is 11.0. The van der Waals surface area contributed by atoms with Crippen LogP contribution in [0.2, 0.25) is 0 Å². The molecular formula is C16H20N2O4S. The molecule has 2 aromatic carbocycles. The van der Waals surface area contributed by atoms with Crippen molar-refractivity contribution >= 4 is 15.7 Å². The zero-order valence-electron chi connectivity index (χ0n) is 13.1. The Morgan fingerprint density at radius 1 is 1.00 bits per heavy atom. The molecule has 2 aromatic rings. The number of hydrogen-bond acceptors (Lipinski definition) is 5. The van der Waals surface area contributed by atoms with E-state index in [2.05, 4.69) is 4.72 Å². The quantitative estimate of drug-likeness (QED) is 0.753. The van der Waals surface area contributed by atoms with Crippen LogP contribution < -0.4 is 19.9 Å². The van der Waals surface area contributed by atoms with Crippen molar-refractivity contribution in [2.75, 3.05) is 26.5 Å². The van der Waals surface area contributed by atoms with Gasteiger partial charge >= 0.3 is 0 Å². The minimum absolute atomic E-state index is 0.00214. The van der Waals surface area contributed by atoms with Crippen LogP contribution in [0, 0.1) is 0 Å². The zero-order valence-corrected chi connectivity index (χ0v) is 13.9. The van der Waals surface area contributed by atoms with E-state index in [-0.39, 0.29) is 22.9 Å². The number of anilines is 1. The van der Waals surface area contributed by atoms with Crippen molar-refractivity contribution in [2.24, 2.45) is 0 Å². The van der Waals surface area contributed by atoms with Crippen molar-refractivity contribution in [3.63, 3.8) is 0 Å². The summed E-state index contributed by atoms with van der Waals surface area (Å²) in [5.74, 6) is 0.480. The molecule has 0 amide bonds. The summed E-state index contributed by atoms with van der Waals surface area (Å²) in [4.78, 5) is 0.00214. The Kier molecular flexibility index (Phi) is 5.46. The maximum absolute atomic E-state index is 12.5. The fourth-order valence-electron chi connectivity index (χ4n) is 2.17. The highest BCUT2D eigenvalue weighted by atomic mass is 32.2. The van der Waals surface area contributed by atoms with Crippen LogP contribution >= 0.6 is 0 Å². The molecule has 0 unspecified atom stereocenters. The van der Waals surface area contributed by atoms with Crippen LogP contribution in [0.5, 0.6) is 11.5 Å². The second-order valence-electron chi connectivity index (χ2n) is 4.88. The first-order valence-corrected chi connectivity index (χ1v) is 8.51. The topological polar surface area (TPSA) is 90.6 Å². The lowest BCUT2D eigenvalue weighted by atomic mass is 10.1. The third-order valence-electron chi connectivity index (χ3n) is 3.34. The van der Waals surface area contributed by atoms with Gasteiger partial charge in [-0.15, -0.1) is 0 Å². The van der Waals surface area contributed by atoms with Crippen molar-refractivity contribution < 1.29 is 17.9 Å². The lowest BCUT2D eigenvalue weighted by Gasteiger charge is -2.14. The summed E-state index contributed by atoms with van der Waals surface area (Å²) in [5, 5.41) is 0. The minimum Gasteiger partial charge on any atom is -0.495 e. The Morgan fingerprint density at radius 2 is 1.57 bits per heavy atom. The molecule has 3 N–H and O–H groups in total. The lowest BCUT2D eigenvalue weighted by molar-refractivity contribution is 0.373. The average molecular weight is 336 g/mol. The molecule has 0 aliphatic heterocycles. The first kappa shape index (κ1) is 17.1. The molecule has 0 fully saturated rings. The minimum atomic E-state index is -3.75. The highest BCUT2D eigenvalue weighted by molar-refractivity contribution is 7.89. The molecule has 2 rings (SSSR count). The molecule has 0 aliphatic rings. The number of sulfonamides is 1. The van der Waals surface area contributed by atoms with Crippen molar-refractivity contribution in [3.05, 3.63) is 48.0 Å². The monoisotopic (exact) mass is 336 g/mol. The van der Waals surface area contributed by atoms with Crippen LogP contribution in [-0.2, 0) is 16.4 Å². The summed E-state index contributed by atoms with van der Waals surface area (Å²) in [5.41, 5.74) is 7.29. The van der Waals surface area contributed by atoms with Gasteiger partial charge in [0.05, 0.1) is 14.2 Å². The van der Waals surface area contributed by atoms with Crippen molar-refractivity contribution in [3.8, 4) is 11.5 Å². The van der Waals surface area contributed by atoms with E-state index in [0.29, 0.717) is 12.1 Å². The molecule has 7 heteroatoms. The second kappa shape index (κ2) is 7.34. The van der Waals surface area contributed by atoms with Crippen LogP contribution in [0.15, 0.2) is 47.4 Å². The van der Waals surface area contributed by atoms with Gasteiger partial charge in [-0.25, -0.2) is 13.1 Å². The van der Waals surface area contributed by atoms with Gasteiger partial charge in [0.15, 0.2) is 4.90 Å². The number of benzene rings is 2. The molecule has 0 heterocycles. The Balaban J connectivity index is 2.14. The summed E-state index contributed by atoms with van der Waals surface area (Å²) in [6, 6.07) is 12.1. The van der Waals surface area contributed by atoms with E-state index in [4.69, 9.17) is 15.2 Å². The van der Waals surface area contributed by atoms with Crippen LogP contribution in [0.3, 0.4) is 0 Å². The van der Waals surface area contributed by atoms with Gasteiger partial charge in [0.1, 0.15) is 11.5 Å². The summed E-state index contributed by atoms with van der Waals surface area (Å²) in [7, 11) is -0.911. The summed E-state index contributed by atoms with van der Waals surface area (Å²) in [6.07, 6.45) is 0.553. The predicted molar refractivity (Wildman–Crippen MR) is 89.3 cm³/mol. The van der Waals surface area contributed by atoms with E-state index in [1.807, 2.05) is 12.1 Å². The number of methoxy groups -OCH3 is 2. The van der Waals surface area contributed by atoms with Crippen molar-refractivity contribution in [1.82, 2.24) is 4.72 Å². The summed E-state index contributed by atoms with van der Waals surface area (Å²) >= 11 is 0. The molecule has 0 saturated carbocycles. The normalized spacial score (nSPS) is 11.2. The van der Waals surface area contributed by atoms with Gasteiger partial charge in [-0.3, -0.25) is 0 Å². The number of nitrogens with two attached hydrogens (primary N) is 1. The van der Waals surface area contributed by atoms with Crippen molar-refractivity contribution in [1.29, 1.82) is 0 Å². The fraction of sp³-hybridized carbons (Fsp3) is 0.250.